The van der Waals surface area contributed by atoms with Crippen LogP contribution in [0, 0.1) is 11.3 Å². The third kappa shape index (κ3) is 3.17. The topological polar surface area (TPSA) is 78.2 Å². The average Bonchev–Trinajstić information content (AvgIpc) is 2.96. The van der Waals surface area contributed by atoms with Gasteiger partial charge in [-0.25, -0.2) is 8.42 Å². The van der Waals surface area contributed by atoms with E-state index in [0.29, 0.717) is 23.2 Å². The molecule has 1 saturated heterocycles. The van der Waals surface area contributed by atoms with E-state index < -0.39 is 15.9 Å². The number of carbonyl (C=O) groups excluding carboxylic acids is 1. The number of nitrogens with zero attached hydrogens (tertiary/aromatic N) is 2. The van der Waals surface area contributed by atoms with Gasteiger partial charge in [-0.2, -0.15) is 5.26 Å². The molecule has 5 nitrogen and oxygen atoms in total. The summed E-state index contributed by atoms with van der Waals surface area (Å²) in [6.07, 6.45) is 0.376. The molecule has 0 bridgehead atoms. The molecule has 0 aromatic heterocycles. The Hall–Kier alpha value is -2.65. The minimum Gasteiger partial charge on any atom is -0.303 e. The minimum atomic E-state index is -3.16. The van der Waals surface area contributed by atoms with Crippen LogP contribution in [0.2, 0.25) is 0 Å². The van der Waals surface area contributed by atoms with Gasteiger partial charge in [-0.15, -0.1) is 0 Å². The van der Waals surface area contributed by atoms with Gasteiger partial charge in [0.2, 0.25) is 0 Å². The molecule has 1 atom stereocenters. The third-order valence-corrected chi connectivity index (χ3v) is 5.85. The monoisotopic (exact) mass is 340 g/mol. The third-order valence-electron chi connectivity index (χ3n) is 4.10. The number of sulfone groups is 1. The molecule has 1 amide bonds. The molecule has 1 aliphatic rings. The number of para-hydroxylation sites is 1. The molecule has 122 valence electrons. The van der Waals surface area contributed by atoms with E-state index in [-0.39, 0.29) is 17.4 Å². The van der Waals surface area contributed by atoms with Gasteiger partial charge in [0.15, 0.2) is 9.84 Å². The fourth-order valence-corrected chi connectivity index (χ4v) is 4.65. The molecule has 1 aliphatic heterocycles. The van der Waals surface area contributed by atoms with E-state index in [9.17, 15) is 18.5 Å². The van der Waals surface area contributed by atoms with Gasteiger partial charge in [-0.3, -0.25) is 4.79 Å². The molecule has 0 aliphatic carbocycles. The van der Waals surface area contributed by atoms with Gasteiger partial charge >= 0.3 is 0 Å². The second-order valence-corrected chi connectivity index (χ2v) is 7.96. The van der Waals surface area contributed by atoms with Crippen molar-refractivity contribution in [3.63, 3.8) is 0 Å². The molecule has 0 radical (unpaired) electrons. The van der Waals surface area contributed by atoms with E-state index in [4.69, 9.17) is 0 Å². The van der Waals surface area contributed by atoms with Crippen molar-refractivity contribution in [3.05, 3.63) is 65.7 Å². The maximum Gasteiger partial charge on any atom is 0.258 e. The van der Waals surface area contributed by atoms with Gasteiger partial charge in [0.05, 0.1) is 28.8 Å². The number of nitriles is 1. The highest BCUT2D eigenvalue weighted by molar-refractivity contribution is 7.91. The fraction of sp³-hybridized carbons (Fsp3) is 0.222. The maximum absolute atomic E-state index is 13.0. The van der Waals surface area contributed by atoms with Crippen molar-refractivity contribution in [2.24, 2.45) is 0 Å². The second kappa shape index (κ2) is 6.46. The molecule has 1 fully saturated rings. The summed E-state index contributed by atoms with van der Waals surface area (Å²) in [5.74, 6) is -0.309. The average molecular weight is 340 g/mol. The molecule has 6 heteroatoms. The van der Waals surface area contributed by atoms with E-state index in [2.05, 4.69) is 6.07 Å². The predicted molar refractivity (Wildman–Crippen MR) is 91.5 cm³/mol. The molecule has 24 heavy (non-hydrogen) atoms. The second-order valence-electron chi connectivity index (χ2n) is 5.73. The van der Waals surface area contributed by atoms with E-state index in [1.807, 2.05) is 6.07 Å². The van der Waals surface area contributed by atoms with E-state index in [0.717, 1.165) is 0 Å². The van der Waals surface area contributed by atoms with Crippen molar-refractivity contribution in [1.29, 1.82) is 5.26 Å². The van der Waals surface area contributed by atoms with Crippen LogP contribution in [0.15, 0.2) is 54.6 Å². The summed E-state index contributed by atoms with van der Waals surface area (Å²) in [5.41, 5.74) is 1.27. The molecular weight excluding hydrogens is 324 g/mol. The molecule has 0 saturated carbocycles. The molecular formula is C18H16N2O3S. The van der Waals surface area contributed by atoms with Crippen LogP contribution in [-0.2, 0) is 9.84 Å². The van der Waals surface area contributed by atoms with Gasteiger partial charge < -0.3 is 4.90 Å². The van der Waals surface area contributed by atoms with Crippen LogP contribution in [-0.4, -0.2) is 31.9 Å². The van der Waals surface area contributed by atoms with Crippen LogP contribution in [0.1, 0.15) is 22.3 Å². The first-order valence-corrected chi connectivity index (χ1v) is 9.42. The minimum absolute atomic E-state index is 0.0605. The van der Waals surface area contributed by atoms with Crippen LogP contribution < -0.4 is 4.90 Å². The summed E-state index contributed by atoms with van der Waals surface area (Å²) < 4.78 is 23.8. The van der Waals surface area contributed by atoms with Gasteiger partial charge in [0, 0.05) is 5.56 Å². The fourth-order valence-electron chi connectivity index (χ4n) is 2.95. The SMILES string of the molecule is N#Cc1ccccc1N(C(=O)c1ccccc1)C1CCS(=O)(=O)C1. The van der Waals surface area contributed by atoms with Crippen LogP contribution in [0.4, 0.5) is 5.69 Å². The largest absolute Gasteiger partial charge is 0.303 e. The molecule has 1 unspecified atom stereocenters. The quantitative estimate of drug-likeness (QED) is 0.859. The van der Waals surface area contributed by atoms with E-state index in [1.165, 1.54) is 4.90 Å². The zero-order chi connectivity index (χ0) is 17.2. The Morgan fingerprint density at radius 3 is 2.38 bits per heavy atom. The van der Waals surface area contributed by atoms with Crippen LogP contribution in [0.3, 0.4) is 0 Å². The first kappa shape index (κ1) is 16.2. The van der Waals surface area contributed by atoms with Crippen LogP contribution >= 0.6 is 0 Å². The predicted octanol–water partition coefficient (Wildman–Crippen LogP) is 2.39. The Kier molecular flexibility index (Phi) is 4.36. The van der Waals surface area contributed by atoms with Crippen molar-refractivity contribution in [2.45, 2.75) is 12.5 Å². The van der Waals surface area contributed by atoms with Crippen LogP contribution in [0.5, 0.6) is 0 Å². The molecule has 0 spiro atoms. The summed E-state index contributed by atoms with van der Waals surface area (Å²) in [6, 6.07) is 17.1. The lowest BCUT2D eigenvalue weighted by molar-refractivity contribution is 0.0979. The smallest absolute Gasteiger partial charge is 0.258 e. The lowest BCUT2D eigenvalue weighted by atomic mass is 10.1. The molecule has 1 heterocycles. The summed E-state index contributed by atoms with van der Waals surface area (Å²) in [7, 11) is -3.16. The van der Waals surface area contributed by atoms with Crippen molar-refractivity contribution in [1.82, 2.24) is 0 Å². The number of rotatable bonds is 3. The van der Waals surface area contributed by atoms with Gasteiger partial charge in [-0.05, 0) is 30.7 Å². The van der Waals surface area contributed by atoms with Crippen molar-refractivity contribution in [3.8, 4) is 6.07 Å². The number of benzene rings is 2. The number of hydrogen-bond donors (Lipinski definition) is 0. The zero-order valence-electron chi connectivity index (χ0n) is 12.9. The molecule has 0 N–H and O–H groups in total. The number of carbonyl (C=O) groups is 1. The number of amides is 1. The maximum atomic E-state index is 13.0. The molecule has 2 aromatic carbocycles. The lowest BCUT2D eigenvalue weighted by Crippen LogP contribution is -2.41. The Bertz CT molecular complexity index is 901. The highest BCUT2D eigenvalue weighted by Crippen LogP contribution is 2.29. The summed E-state index contributed by atoms with van der Waals surface area (Å²) in [6.45, 7) is 0. The Morgan fingerprint density at radius 2 is 1.75 bits per heavy atom. The zero-order valence-corrected chi connectivity index (χ0v) is 13.7. The van der Waals surface area contributed by atoms with Crippen molar-refractivity contribution >= 4 is 21.4 Å². The van der Waals surface area contributed by atoms with Crippen molar-refractivity contribution < 1.29 is 13.2 Å². The lowest BCUT2D eigenvalue weighted by Gasteiger charge is -2.29. The van der Waals surface area contributed by atoms with Gasteiger partial charge in [0.25, 0.3) is 5.91 Å². The van der Waals surface area contributed by atoms with E-state index >= 15 is 0 Å². The van der Waals surface area contributed by atoms with E-state index in [1.54, 1.807) is 48.5 Å². The normalized spacial score (nSPS) is 18.7. The highest BCUT2D eigenvalue weighted by Gasteiger charge is 2.36. The first-order chi connectivity index (χ1) is 11.5. The summed E-state index contributed by atoms with van der Waals surface area (Å²) in [4.78, 5) is 14.5. The van der Waals surface area contributed by atoms with Crippen molar-refractivity contribution in [2.75, 3.05) is 16.4 Å². The highest BCUT2D eigenvalue weighted by atomic mass is 32.2. The Morgan fingerprint density at radius 1 is 1.08 bits per heavy atom. The first-order valence-electron chi connectivity index (χ1n) is 7.60. The number of hydrogen-bond acceptors (Lipinski definition) is 4. The number of anilines is 1. The molecule has 3 rings (SSSR count). The van der Waals surface area contributed by atoms with Crippen LogP contribution in [0.25, 0.3) is 0 Å². The van der Waals surface area contributed by atoms with Gasteiger partial charge in [-0.1, -0.05) is 30.3 Å². The summed E-state index contributed by atoms with van der Waals surface area (Å²) >= 11 is 0. The Labute approximate surface area is 141 Å². The Balaban J connectivity index is 2.08. The summed E-state index contributed by atoms with van der Waals surface area (Å²) in [5, 5.41) is 9.36. The molecule has 2 aromatic rings. The van der Waals surface area contributed by atoms with Gasteiger partial charge in [0.1, 0.15) is 6.07 Å². The standard InChI is InChI=1S/C18H16N2O3S/c19-12-15-8-4-5-9-17(15)20(16-10-11-24(22,23)13-16)18(21)14-6-2-1-3-7-14/h1-9,16H,10-11,13H2.